The fraction of sp³-hybridized carbons (Fsp3) is 0.375. The Balaban J connectivity index is 2.05. The van der Waals surface area contributed by atoms with Crippen LogP contribution in [0.1, 0.15) is 42.5 Å². The molecule has 0 aliphatic heterocycles. The number of hydrogen-bond acceptors (Lipinski definition) is 2. The molecule has 0 bridgehead atoms. The minimum absolute atomic E-state index is 0.00725. The molecule has 0 radical (unpaired) electrons. The maximum absolute atomic E-state index is 12.5. The SMILES string of the molecule is O=C(c1c[nH]c2ccc(Br)cc2c1=O)C1CCCCC1. The molecule has 20 heavy (non-hydrogen) atoms. The molecule has 0 atom stereocenters. The fourth-order valence-corrected chi connectivity index (χ4v) is 3.32. The van der Waals surface area contributed by atoms with Crippen LogP contribution in [0.15, 0.2) is 33.7 Å². The van der Waals surface area contributed by atoms with Gasteiger partial charge in [0.2, 0.25) is 0 Å². The number of carbonyl (C=O) groups excluding carboxylic acids is 1. The summed E-state index contributed by atoms with van der Waals surface area (Å²) in [6.45, 7) is 0. The van der Waals surface area contributed by atoms with Crippen molar-refractivity contribution in [3.8, 4) is 0 Å². The first-order chi connectivity index (χ1) is 9.66. The summed E-state index contributed by atoms with van der Waals surface area (Å²) >= 11 is 3.37. The highest BCUT2D eigenvalue weighted by atomic mass is 79.9. The molecule has 1 fully saturated rings. The summed E-state index contributed by atoms with van der Waals surface area (Å²) in [7, 11) is 0. The number of Topliss-reactive ketones (excluding diaryl/α,β-unsaturated/α-hetero) is 1. The molecule has 1 N–H and O–H groups in total. The van der Waals surface area contributed by atoms with Crippen LogP contribution in [-0.2, 0) is 0 Å². The van der Waals surface area contributed by atoms with Gasteiger partial charge in [0.25, 0.3) is 0 Å². The number of fused-ring (bicyclic) bond motifs is 1. The Kier molecular flexibility index (Phi) is 3.74. The Morgan fingerprint density at radius 1 is 1.20 bits per heavy atom. The smallest absolute Gasteiger partial charge is 0.200 e. The minimum atomic E-state index is -0.157. The van der Waals surface area contributed by atoms with E-state index in [0.717, 1.165) is 35.7 Å². The normalized spacial score (nSPS) is 16.4. The van der Waals surface area contributed by atoms with E-state index in [0.29, 0.717) is 10.9 Å². The molecule has 1 aliphatic rings. The van der Waals surface area contributed by atoms with Gasteiger partial charge < -0.3 is 4.98 Å². The molecule has 1 aromatic heterocycles. The first-order valence-electron chi connectivity index (χ1n) is 7.02. The Hall–Kier alpha value is -1.42. The third-order valence-corrected chi connectivity index (χ3v) is 4.58. The van der Waals surface area contributed by atoms with Crippen molar-refractivity contribution in [3.63, 3.8) is 0 Å². The number of benzene rings is 1. The highest BCUT2D eigenvalue weighted by Gasteiger charge is 2.24. The number of aromatic amines is 1. The zero-order valence-corrected chi connectivity index (χ0v) is 12.7. The zero-order valence-electron chi connectivity index (χ0n) is 11.1. The lowest BCUT2D eigenvalue weighted by Crippen LogP contribution is -2.24. The van der Waals surface area contributed by atoms with Crippen LogP contribution >= 0.6 is 15.9 Å². The predicted octanol–water partition coefficient (Wildman–Crippen LogP) is 4.05. The summed E-state index contributed by atoms with van der Waals surface area (Å²) in [5.74, 6) is 0.0299. The van der Waals surface area contributed by atoms with E-state index in [1.54, 1.807) is 12.3 Å². The van der Waals surface area contributed by atoms with Crippen molar-refractivity contribution in [3.05, 3.63) is 44.7 Å². The van der Waals surface area contributed by atoms with Crippen molar-refractivity contribution in [1.82, 2.24) is 4.98 Å². The van der Waals surface area contributed by atoms with E-state index in [1.807, 2.05) is 12.1 Å². The summed E-state index contributed by atoms with van der Waals surface area (Å²) < 4.78 is 0.845. The van der Waals surface area contributed by atoms with E-state index in [-0.39, 0.29) is 17.1 Å². The molecule has 0 amide bonds. The monoisotopic (exact) mass is 333 g/mol. The van der Waals surface area contributed by atoms with Crippen LogP contribution in [-0.4, -0.2) is 10.8 Å². The zero-order chi connectivity index (χ0) is 14.1. The molecule has 3 rings (SSSR count). The Bertz CT molecular complexity index is 714. The van der Waals surface area contributed by atoms with Gasteiger partial charge in [-0.3, -0.25) is 9.59 Å². The molecule has 1 heterocycles. The van der Waals surface area contributed by atoms with Crippen LogP contribution < -0.4 is 5.43 Å². The standard InChI is InChI=1S/C16H16BrNO2/c17-11-6-7-14-12(8-11)16(20)13(9-18-14)15(19)10-4-2-1-3-5-10/h6-10H,1-5H2,(H,18,20). The van der Waals surface area contributed by atoms with Gasteiger partial charge >= 0.3 is 0 Å². The molecule has 1 saturated carbocycles. The maximum atomic E-state index is 12.5. The van der Waals surface area contributed by atoms with Gasteiger partial charge in [-0.1, -0.05) is 35.2 Å². The molecule has 1 aromatic carbocycles. The Labute approximate surface area is 125 Å². The number of ketones is 1. The number of carbonyl (C=O) groups is 1. The molecular formula is C16H16BrNO2. The highest BCUT2D eigenvalue weighted by Crippen LogP contribution is 2.26. The lowest BCUT2D eigenvalue weighted by molar-refractivity contribution is 0.0888. The Morgan fingerprint density at radius 3 is 2.70 bits per heavy atom. The van der Waals surface area contributed by atoms with Gasteiger partial charge in [-0.15, -0.1) is 0 Å². The first-order valence-corrected chi connectivity index (χ1v) is 7.81. The predicted molar refractivity (Wildman–Crippen MR) is 83.2 cm³/mol. The van der Waals surface area contributed by atoms with Gasteiger partial charge in [-0.05, 0) is 31.0 Å². The summed E-state index contributed by atoms with van der Waals surface area (Å²) in [4.78, 5) is 28.1. The Morgan fingerprint density at radius 2 is 1.95 bits per heavy atom. The van der Waals surface area contributed by atoms with Crippen molar-refractivity contribution < 1.29 is 4.79 Å². The van der Waals surface area contributed by atoms with Crippen LogP contribution in [0.3, 0.4) is 0 Å². The average molecular weight is 334 g/mol. The van der Waals surface area contributed by atoms with Gasteiger partial charge in [0.15, 0.2) is 11.2 Å². The van der Waals surface area contributed by atoms with E-state index in [4.69, 9.17) is 0 Å². The summed E-state index contributed by atoms with van der Waals surface area (Å²) in [5, 5.41) is 0.570. The van der Waals surface area contributed by atoms with Gasteiger partial charge in [0, 0.05) is 27.5 Å². The van der Waals surface area contributed by atoms with Crippen LogP contribution in [0.25, 0.3) is 10.9 Å². The van der Waals surface area contributed by atoms with Crippen molar-refractivity contribution in [2.75, 3.05) is 0 Å². The molecule has 3 nitrogen and oxygen atoms in total. The molecule has 2 aromatic rings. The van der Waals surface area contributed by atoms with Crippen molar-refractivity contribution in [2.24, 2.45) is 5.92 Å². The number of pyridine rings is 1. The van der Waals surface area contributed by atoms with E-state index < -0.39 is 0 Å². The molecule has 0 unspecified atom stereocenters. The minimum Gasteiger partial charge on any atom is -0.360 e. The number of halogens is 1. The quantitative estimate of drug-likeness (QED) is 0.842. The third kappa shape index (κ3) is 2.44. The first kappa shape index (κ1) is 13.6. The van der Waals surface area contributed by atoms with Crippen LogP contribution in [0.5, 0.6) is 0 Å². The van der Waals surface area contributed by atoms with Gasteiger partial charge in [-0.2, -0.15) is 0 Å². The summed E-state index contributed by atoms with van der Waals surface area (Å²) in [5.41, 5.74) is 0.913. The van der Waals surface area contributed by atoms with Crippen LogP contribution in [0, 0.1) is 5.92 Å². The molecule has 0 saturated heterocycles. The number of hydrogen-bond donors (Lipinski definition) is 1. The average Bonchev–Trinajstić information content (AvgIpc) is 2.48. The topological polar surface area (TPSA) is 49.9 Å². The second kappa shape index (κ2) is 5.52. The second-order valence-corrected chi connectivity index (χ2v) is 6.34. The second-order valence-electron chi connectivity index (χ2n) is 5.42. The van der Waals surface area contributed by atoms with Crippen LogP contribution in [0.4, 0.5) is 0 Å². The van der Waals surface area contributed by atoms with Crippen molar-refractivity contribution in [2.45, 2.75) is 32.1 Å². The lowest BCUT2D eigenvalue weighted by Gasteiger charge is -2.20. The van der Waals surface area contributed by atoms with Gasteiger partial charge in [0.05, 0.1) is 5.56 Å². The molecular weight excluding hydrogens is 318 g/mol. The van der Waals surface area contributed by atoms with Gasteiger partial charge in [-0.25, -0.2) is 0 Å². The van der Waals surface area contributed by atoms with E-state index in [1.165, 1.54) is 6.42 Å². The molecule has 0 spiro atoms. The van der Waals surface area contributed by atoms with E-state index in [9.17, 15) is 9.59 Å². The largest absolute Gasteiger partial charge is 0.360 e. The third-order valence-electron chi connectivity index (χ3n) is 4.08. The maximum Gasteiger partial charge on any atom is 0.200 e. The van der Waals surface area contributed by atoms with Crippen LogP contribution in [0.2, 0.25) is 0 Å². The van der Waals surface area contributed by atoms with Crippen molar-refractivity contribution in [1.29, 1.82) is 0 Å². The summed E-state index contributed by atoms with van der Waals surface area (Å²) in [6, 6.07) is 5.49. The van der Waals surface area contributed by atoms with E-state index >= 15 is 0 Å². The highest BCUT2D eigenvalue weighted by molar-refractivity contribution is 9.10. The van der Waals surface area contributed by atoms with Crippen molar-refractivity contribution >= 4 is 32.6 Å². The molecule has 104 valence electrons. The van der Waals surface area contributed by atoms with Gasteiger partial charge in [0.1, 0.15) is 0 Å². The molecule has 1 aliphatic carbocycles. The summed E-state index contributed by atoms with van der Waals surface area (Å²) in [6.07, 6.45) is 6.78. The fourth-order valence-electron chi connectivity index (χ4n) is 2.96. The van der Waals surface area contributed by atoms with E-state index in [2.05, 4.69) is 20.9 Å². The number of nitrogens with one attached hydrogen (secondary N) is 1. The number of H-pyrrole nitrogens is 1. The number of aromatic nitrogens is 1. The molecule has 4 heteroatoms. The number of rotatable bonds is 2. The lowest BCUT2D eigenvalue weighted by atomic mass is 9.84.